The molecule has 3 N–H and O–H groups in total. The Balaban J connectivity index is 1.37. The molecule has 212 valence electrons. The van der Waals surface area contributed by atoms with Gasteiger partial charge in [-0.1, -0.05) is 11.6 Å². The summed E-state index contributed by atoms with van der Waals surface area (Å²) in [6, 6.07) is 6.37. The maximum absolute atomic E-state index is 13.9. The van der Waals surface area contributed by atoms with E-state index < -0.39 is 29.7 Å². The summed E-state index contributed by atoms with van der Waals surface area (Å²) in [5.41, 5.74) is 1.64. The Hall–Kier alpha value is -2.92. The van der Waals surface area contributed by atoms with Crippen LogP contribution in [0.2, 0.25) is 5.02 Å². The van der Waals surface area contributed by atoms with Crippen LogP contribution >= 0.6 is 22.9 Å². The second kappa shape index (κ2) is 12.3. The number of aliphatic hydroxyl groups excluding tert-OH is 1. The molecule has 3 heterocycles. The van der Waals surface area contributed by atoms with Gasteiger partial charge in [0.05, 0.1) is 18.2 Å². The minimum absolute atomic E-state index is 0.00874. The van der Waals surface area contributed by atoms with Crippen molar-refractivity contribution in [2.75, 3.05) is 13.1 Å². The third-order valence-electron chi connectivity index (χ3n) is 7.46. The Labute approximate surface area is 240 Å². The minimum Gasteiger partial charge on any atom is -0.389 e. The summed E-state index contributed by atoms with van der Waals surface area (Å²) in [6.07, 6.45) is 2.23. The van der Waals surface area contributed by atoms with E-state index in [-0.39, 0.29) is 40.6 Å². The number of thiazole rings is 1. The molecule has 2 unspecified atom stereocenters. The number of likely N-dealkylation sites (tertiary alicyclic amines) is 1. The predicted molar refractivity (Wildman–Crippen MR) is 150 cm³/mol. The quantitative estimate of drug-likeness (QED) is 0.351. The number of halogens is 3. The van der Waals surface area contributed by atoms with E-state index in [2.05, 4.69) is 15.6 Å². The molecule has 1 aromatic heterocycles. The second-order valence-corrected chi connectivity index (χ2v) is 11.8. The molecule has 3 aromatic rings. The highest BCUT2D eigenvalue weighted by molar-refractivity contribution is 7.09. The summed E-state index contributed by atoms with van der Waals surface area (Å²) < 4.78 is 27.8. The Morgan fingerprint density at radius 2 is 1.90 bits per heavy atom. The highest BCUT2D eigenvalue weighted by Crippen LogP contribution is 2.35. The summed E-state index contributed by atoms with van der Waals surface area (Å²) in [5.74, 6) is -2.27. The lowest BCUT2D eigenvalue weighted by Crippen LogP contribution is -2.52. The molecule has 2 aliphatic rings. The van der Waals surface area contributed by atoms with Crippen LogP contribution < -0.4 is 10.6 Å². The van der Waals surface area contributed by atoms with E-state index in [0.717, 1.165) is 42.6 Å². The summed E-state index contributed by atoms with van der Waals surface area (Å²) >= 11 is 7.89. The van der Waals surface area contributed by atoms with Crippen molar-refractivity contribution in [3.05, 3.63) is 85.8 Å². The van der Waals surface area contributed by atoms with Gasteiger partial charge in [0.2, 0.25) is 0 Å². The third kappa shape index (κ3) is 6.52. The van der Waals surface area contributed by atoms with Crippen LogP contribution in [0.5, 0.6) is 0 Å². The smallest absolute Gasteiger partial charge is 0.254 e. The van der Waals surface area contributed by atoms with E-state index in [1.165, 1.54) is 41.7 Å². The molecule has 0 aliphatic carbocycles. The van der Waals surface area contributed by atoms with Gasteiger partial charge >= 0.3 is 0 Å². The maximum atomic E-state index is 13.9. The summed E-state index contributed by atoms with van der Waals surface area (Å²) in [7, 11) is 0. The number of nitrogens with zero attached hydrogens (tertiary/aromatic N) is 2. The SMILES string of the molecule is Cc1csc(C2CCCN2C(=O)c2cc(Cl)cc(C(=O)N[C@@H](Cc3cc(F)cc(F)c3)[C@H](O)C3CCCN3)c2)n1. The van der Waals surface area contributed by atoms with Gasteiger partial charge in [-0.2, -0.15) is 0 Å². The number of benzene rings is 2. The number of nitrogens with one attached hydrogen (secondary N) is 2. The maximum Gasteiger partial charge on any atom is 0.254 e. The molecule has 7 nitrogen and oxygen atoms in total. The van der Waals surface area contributed by atoms with Crippen molar-refractivity contribution >= 4 is 34.8 Å². The zero-order chi connectivity index (χ0) is 28.4. The Morgan fingerprint density at radius 1 is 1.15 bits per heavy atom. The van der Waals surface area contributed by atoms with Gasteiger partial charge in [0, 0.05) is 45.9 Å². The average Bonchev–Trinajstić information content (AvgIpc) is 3.68. The van der Waals surface area contributed by atoms with E-state index in [9.17, 15) is 23.5 Å². The van der Waals surface area contributed by atoms with Crippen molar-refractivity contribution in [3.8, 4) is 0 Å². The molecule has 2 saturated heterocycles. The molecule has 0 saturated carbocycles. The third-order valence-corrected chi connectivity index (χ3v) is 8.74. The standard InChI is InChI=1S/C29H31ClF2N4O3S/c1-16-15-40-28(34-16)25-5-3-7-36(25)29(39)19-11-18(12-20(30)13-19)27(38)35-24(26(37)23-4-2-6-33-23)10-17-8-21(31)14-22(32)9-17/h8-9,11-15,23-26,33,37H,2-7,10H2,1H3,(H,35,38)/t23?,24-,25?,26+/m0/s1. The van der Waals surface area contributed by atoms with Crippen LogP contribution in [0.25, 0.3) is 0 Å². The highest BCUT2D eigenvalue weighted by Gasteiger charge is 2.34. The molecule has 4 atom stereocenters. The van der Waals surface area contributed by atoms with Crippen molar-refractivity contribution in [3.63, 3.8) is 0 Å². The molecule has 40 heavy (non-hydrogen) atoms. The molecule has 5 rings (SSSR count). The van der Waals surface area contributed by atoms with Gasteiger partial charge in [0.15, 0.2) is 0 Å². The van der Waals surface area contributed by atoms with Gasteiger partial charge < -0.3 is 20.6 Å². The van der Waals surface area contributed by atoms with E-state index in [4.69, 9.17) is 11.6 Å². The Kier molecular flexibility index (Phi) is 8.80. The average molecular weight is 589 g/mol. The monoisotopic (exact) mass is 588 g/mol. The summed E-state index contributed by atoms with van der Waals surface area (Å²) in [4.78, 5) is 33.4. The van der Waals surface area contributed by atoms with Gasteiger partial charge in [-0.25, -0.2) is 13.8 Å². The number of aryl methyl sites for hydroxylation is 1. The van der Waals surface area contributed by atoms with Crippen LogP contribution in [0.15, 0.2) is 41.8 Å². The lowest BCUT2D eigenvalue weighted by Gasteiger charge is -2.29. The van der Waals surface area contributed by atoms with Crippen LogP contribution in [-0.2, 0) is 6.42 Å². The molecule has 0 radical (unpaired) electrons. The van der Waals surface area contributed by atoms with Crippen molar-refractivity contribution in [1.29, 1.82) is 0 Å². The number of carbonyl (C=O) groups is 2. The molecular weight excluding hydrogens is 558 g/mol. The lowest BCUT2D eigenvalue weighted by atomic mass is 9.95. The molecule has 11 heteroatoms. The predicted octanol–water partition coefficient (Wildman–Crippen LogP) is 4.81. The van der Waals surface area contributed by atoms with Crippen molar-refractivity contribution in [1.82, 2.24) is 20.5 Å². The van der Waals surface area contributed by atoms with E-state index in [1.807, 2.05) is 12.3 Å². The first-order valence-corrected chi connectivity index (χ1v) is 14.6. The molecule has 2 aromatic carbocycles. The topological polar surface area (TPSA) is 94.6 Å². The summed E-state index contributed by atoms with van der Waals surface area (Å²) in [5, 5.41) is 20.2. The van der Waals surface area contributed by atoms with Crippen molar-refractivity contribution in [2.45, 2.75) is 63.3 Å². The first kappa shape index (κ1) is 28.6. The van der Waals surface area contributed by atoms with E-state index in [0.29, 0.717) is 18.5 Å². The fourth-order valence-corrected chi connectivity index (χ4v) is 6.75. The molecule has 2 amide bonds. The van der Waals surface area contributed by atoms with Crippen LogP contribution in [-0.4, -0.2) is 58.1 Å². The number of aromatic nitrogens is 1. The fraction of sp³-hybridized carbons (Fsp3) is 0.414. The zero-order valence-corrected chi connectivity index (χ0v) is 23.6. The first-order chi connectivity index (χ1) is 19.2. The molecule has 2 fully saturated rings. The number of carbonyl (C=O) groups excluding carboxylic acids is 2. The molecule has 0 bridgehead atoms. The largest absolute Gasteiger partial charge is 0.389 e. The number of aliphatic hydroxyl groups is 1. The normalized spacial score (nSPS) is 20.5. The molecular formula is C29H31ClF2N4O3S. The molecule has 2 aliphatic heterocycles. The minimum atomic E-state index is -1.01. The zero-order valence-electron chi connectivity index (χ0n) is 22.0. The fourth-order valence-electron chi connectivity index (χ4n) is 5.58. The first-order valence-electron chi connectivity index (χ1n) is 13.4. The second-order valence-electron chi connectivity index (χ2n) is 10.5. The van der Waals surface area contributed by atoms with Gasteiger partial charge in [-0.05, 0) is 81.5 Å². The van der Waals surface area contributed by atoms with Gasteiger partial charge in [-0.15, -0.1) is 11.3 Å². The summed E-state index contributed by atoms with van der Waals surface area (Å²) in [6.45, 7) is 3.22. The number of rotatable bonds is 8. The van der Waals surface area contributed by atoms with Crippen molar-refractivity contribution in [2.24, 2.45) is 0 Å². The van der Waals surface area contributed by atoms with Crippen molar-refractivity contribution < 1.29 is 23.5 Å². The highest BCUT2D eigenvalue weighted by atomic mass is 35.5. The van der Waals surface area contributed by atoms with Gasteiger partial charge in [0.1, 0.15) is 16.6 Å². The van der Waals surface area contributed by atoms with Gasteiger partial charge in [0.25, 0.3) is 11.8 Å². The lowest BCUT2D eigenvalue weighted by molar-refractivity contribution is 0.0733. The number of hydrogen-bond acceptors (Lipinski definition) is 6. The van der Waals surface area contributed by atoms with Crippen LogP contribution in [0.4, 0.5) is 8.78 Å². The van der Waals surface area contributed by atoms with Crippen LogP contribution in [0.3, 0.4) is 0 Å². The Morgan fingerprint density at radius 3 is 2.58 bits per heavy atom. The number of amides is 2. The van der Waals surface area contributed by atoms with Crippen LogP contribution in [0.1, 0.15) is 68.7 Å². The van der Waals surface area contributed by atoms with Gasteiger partial charge in [-0.3, -0.25) is 9.59 Å². The molecule has 0 spiro atoms. The Bertz CT molecular complexity index is 1380. The number of hydrogen-bond donors (Lipinski definition) is 3. The van der Waals surface area contributed by atoms with Crippen LogP contribution in [0, 0.1) is 18.6 Å². The van der Waals surface area contributed by atoms with E-state index >= 15 is 0 Å². The van der Waals surface area contributed by atoms with E-state index in [1.54, 1.807) is 4.90 Å².